The fraction of sp³-hybridized carbons (Fsp3) is 0.250. The molecule has 0 saturated heterocycles. The second kappa shape index (κ2) is 6.20. The van der Waals surface area contributed by atoms with Crippen LogP contribution in [-0.2, 0) is 13.1 Å². The Balaban J connectivity index is 1.68. The lowest BCUT2D eigenvalue weighted by Crippen LogP contribution is -2.14. The molecule has 2 aromatic heterocycles. The number of nitrogens with one attached hydrogen (secondary N) is 1. The third kappa shape index (κ3) is 3.20. The fourth-order valence-corrected chi connectivity index (χ4v) is 3.12. The summed E-state index contributed by atoms with van der Waals surface area (Å²) in [6.07, 6.45) is 3.76. The molecule has 2 heterocycles. The lowest BCUT2D eigenvalue weighted by Gasteiger charge is -2.10. The van der Waals surface area contributed by atoms with Gasteiger partial charge in [0, 0.05) is 30.4 Å². The van der Waals surface area contributed by atoms with Crippen LogP contribution in [0, 0.1) is 13.8 Å². The summed E-state index contributed by atoms with van der Waals surface area (Å²) in [5, 5.41) is 8.91. The molecule has 0 radical (unpaired) electrons. The summed E-state index contributed by atoms with van der Waals surface area (Å²) in [5.74, 6) is 0. The Bertz CT molecular complexity index is 696. The first-order valence-corrected chi connectivity index (χ1v) is 7.77. The highest BCUT2D eigenvalue weighted by Crippen LogP contribution is 2.17. The van der Waals surface area contributed by atoms with Gasteiger partial charge in [0.05, 0.1) is 11.4 Å². The maximum absolute atomic E-state index is 4.55. The van der Waals surface area contributed by atoms with Crippen LogP contribution in [0.25, 0.3) is 5.69 Å². The summed E-state index contributed by atoms with van der Waals surface area (Å²) in [4.78, 5) is 5.85. The topological polar surface area (TPSA) is 42.7 Å². The Morgan fingerprint density at radius 1 is 1.14 bits per heavy atom. The Morgan fingerprint density at radius 3 is 2.71 bits per heavy atom. The van der Waals surface area contributed by atoms with Crippen LogP contribution >= 0.6 is 11.3 Å². The maximum atomic E-state index is 4.55. The molecule has 0 fully saturated rings. The van der Waals surface area contributed by atoms with Crippen molar-refractivity contribution >= 4 is 11.3 Å². The smallest absolute Gasteiger partial charge is 0.107 e. The molecule has 0 spiro atoms. The first kappa shape index (κ1) is 14.0. The fourth-order valence-electron chi connectivity index (χ4n) is 2.21. The van der Waals surface area contributed by atoms with E-state index in [0.717, 1.165) is 29.5 Å². The lowest BCUT2D eigenvalue weighted by atomic mass is 10.2. The predicted octanol–water partition coefficient (Wildman–Crippen LogP) is 3.24. The summed E-state index contributed by atoms with van der Waals surface area (Å²) in [5.41, 5.74) is 3.47. The lowest BCUT2D eigenvalue weighted by molar-refractivity contribution is 0.682. The molecule has 0 aliphatic heterocycles. The molecular weight excluding hydrogens is 280 g/mol. The second-order valence-electron chi connectivity index (χ2n) is 4.93. The number of hydrogen-bond acceptors (Lipinski definition) is 4. The number of nitrogens with zero attached hydrogens (tertiary/aromatic N) is 3. The Morgan fingerprint density at radius 2 is 2.00 bits per heavy atom. The summed E-state index contributed by atoms with van der Waals surface area (Å²) in [6.45, 7) is 5.77. The van der Waals surface area contributed by atoms with E-state index in [0.29, 0.717) is 0 Å². The zero-order chi connectivity index (χ0) is 14.7. The van der Waals surface area contributed by atoms with E-state index in [4.69, 9.17) is 0 Å². The van der Waals surface area contributed by atoms with Gasteiger partial charge in [-0.2, -0.15) is 5.10 Å². The van der Waals surface area contributed by atoms with Gasteiger partial charge in [0.1, 0.15) is 5.01 Å². The largest absolute Gasteiger partial charge is 0.306 e. The number of rotatable bonds is 5. The van der Waals surface area contributed by atoms with Gasteiger partial charge in [-0.1, -0.05) is 18.2 Å². The quantitative estimate of drug-likeness (QED) is 0.786. The third-order valence-corrected chi connectivity index (χ3v) is 4.48. The first-order chi connectivity index (χ1) is 10.2. The van der Waals surface area contributed by atoms with Crippen LogP contribution < -0.4 is 5.32 Å². The van der Waals surface area contributed by atoms with Crippen molar-refractivity contribution in [1.29, 1.82) is 0 Å². The summed E-state index contributed by atoms with van der Waals surface area (Å²) in [7, 11) is 0. The van der Waals surface area contributed by atoms with E-state index in [2.05, 4.69) is 47.4 Å². The number of aryl methyl sites for hydroxylation is 2. The zero-order valence-electron chi connectivity index (χ0n) is 12.2. The van der Waals surface area contributed by atoms with Gasteiger partial charge in [0.15, 0.2) is 0 Å². The Labute approximate surface area is 128 Å². The monoisotopic (exact) mass is 298 g/mol. The van der Waals surface area contributed by atoms with Crippen LogP contribution in [0.15, 0.2) is 42.7 Å². The number of aromatic nitrogens is 3. The summed E-state index contributed by atoms with van der Waals surface area (Å²) >= 11 is 1.76. The van der Waals surface area contributed by atoms with E-state index in [1.165, 1.54) is 10.4 Å². The molecule has 1 N–H and O–H groups in total. The standard InChI is InChI=1S/C16H18N4S/c1-12-13(2)21-16(19-12)11-17-10-14-6-3-4-7-15(14)20-9-5-8-18-20/h3-9,17H,10-11H2,1-2H3. The minimum absolute atomic E-state index is 0.798. The van der Waals surface area contributed by atoms with Crippen molar-refractivity contribution in [3.8, 4) is 5.69 Å². The molecule has 21 heavy (non-hydrogen) atoms. The Hall–Kier alpha value is -1.98. The molecule has 1 aromatic carbocycles. The van der Waals surface area contributed by atoms with Gasteiger partial charge in [-0.05, 0) is 31.5 Å². The van der Waals surface area contributed by atoms with Crippen LogP contribution in [0.1, 0.15) is 21.1 Å². The van der Waals surface area contributed by atoms with Crippen molar-refractivity contribution in [3.63, 3.8) is 0 Å². The van der Waals surface area contributed by atoms with Crippen molar-refractivity contribution in [2.24, 2.45) is 0 Å². The van der Waals surface area contributed by atoms with Crippen molar-refractivity contribution < 1.29 is 0 Å². The highest BCUT2D eigenvalue weighted by atomic mass is 32.1. The molecule has 0 aliphatic carbocycles. The third-order valence-electron chi connectivity index (χ3n) is 3.41. The van der Waals surface area contributed by atoms with E-state index in [1.54, 1.807) is 17.5 Å². The van der Waals surface area contributed by atoms with Gasteiger partial charge in [0.2, 0.25) is 0 Å². The molecule has 3 rings (SSSR count). The van der Waals surface area contributed by atoms with Crippen molar-refractivity contribution in [3.05, 3.63) is 63.9 Å². The minimum atomic E-state index is 0.798. The molecule has 108 valence electrons. The normalized spacial score (nSPS) is 11.0. The molecule has 0 aliphatic rings. The van der Waals surface area contributed by atoms with Crippen LogP contribution in [0.3, 0.4) is 0 Å². The van der Waals surface area contributed by atoms with E-state index in [1.807, 2.05) is 23.0 Å². The van der Waals surface area contributed by atoms with Gasteiger partial charge in [0.25, 0.3) is 0 Å². The van der Waals surface area contributed by atoms with Crippen molar-refractivity contribution in [2.45, 2.75) is 26.9 Å². The van der Waals surface area contributed by atoms with Crippen LogP contribution in [0.2, 0.25) is 0 Å². The highest BCUT2D eigenvalue weighted by molar-refractivity contribution is 7.11. The van der Waals surface area contributed by atoms with Crippen molar-refractivity contribution in [2.75, 3.05) is 0 Å². The highest BCUT2D eigenvalue weighted by Gasteiger charge is 2.06. The molecule has 0 saturated carbocycles. The van der Waals surface area contributed by atoms with Crippen LogP contribution in [-0.4, -0.2) is 14.8 Å². The van der Waals surface area contributed by atoms with Gasteiger partial charge < -0.3 is 5.32 Å². The maximum Gasteiger partial charge on any atom is 0.107 e. The molecular formula is C16H18N4S. The van der Waals surface area contributed by atoms with Crippen LogP contribution in [0.5, 0.6) is 0 Å². The molecule has 5 heteroatoms. The molecule has 4 nitrogen and oxygen atoms in total. The van der Waals surface area contributed by atoms with E-state index >= 15 is 0 Å². The van der Waals surface area contributed by atoms with Crippen LogP contribution in [0.4, 0.5) is 0 Å². The molecule has 3 aromatic rings. The van der Waals surface area contributed by atoms with Gasteiger partial charge in [-0.15, -0.1) is 11.3 Å². The molecule has 0 atom stereocenters. The summed E-state index contributed by atoms with van der Waals surface area (Å²) < 4.78 is 1.90. The minimum Gasteiger partial charge on any atom is -0.306 e. The number of para-hydroxylation sites is 1. The van der Waals surface area contributed by atoms with E-state index in [9.17, 15) is 0 Å². The Kier molecular flexibility index (Phi) is 4.13. The SMILES string of the molecule is Cc1nc(CNCc2ccccc2-n2cccn2)sc1C. The zero-order valence-corrected chi connectivity index (χ0v) is 13.0. The van der Waals surface area contributed by atoms with E-state index in [-0.39, 0.29) is 0 Å². The average molecular weight is 298 g/mol. The first-order valence-electron chi connectivity index (χ1n) is 6.95. The van der Waals surface area contributed by atoms with E-state index < -0.39 is 0 Å². The number of benzene rings is 1. The number of thiazole rings is 1. The predicted molar refractivity (Wildman–Crippen MR) is 85.7 cm³/mol. The van der Waals surface area contributed by atoms with Gasteiger partial charge in [-0.3, -0.25) is 0 Å². The van der Waals surface area contributed by atoms with Crippen molar-refractivity contribution in [1.82, 2.24) is 20.1 Å². The second-order valence-corrected chi connectivity index (χ2v) is 6.22. The molecule has 0 amide bonds. The molecule has 0 unspecified atom stereocenters. The average Bonchev–Trinajstić information content (AvgIpc) is 3.11. The summed E-state index contributed by atoms with van der Waals surface area (Å²) in [6, 6.07) is 10.2. The number of hydrogen-bond donors (Lipinski definition) is 1. The van der Waals surface area contributed by atoms with Gasteiger partial charge >= 0.3 is 0 Å². The molecule has 0 bridgehead atoms. The van der Waals surface area contributed by atoms with Gasteiger partial charge in [-0.25, -0.2) is 9.67 Å².